The van der Waals surface area contributed by atoms with Gasteiger partial charge in [-0.15, -0.1) is 11.3 Å². The van der Waals surface area contributed by atoms with Crippen molar-refractivity contribution in [2.45, 2.75) is 19.2 Å². The molecule has 1 atom stereocenters. The SMILES string of the molecule is COc1ccc(OC[C@@H](O)CN(Cc2ccc(F)cc2)Cc2cccs2)cc1. The maximum atomic E-state index is 13.2. The van der Waals surface area contributed by atoms with Gasteiger partial charge in [0.25, 0.3) is 0 Å². The summed E-state index contributed by atoms with van der Waals surface area (Å²) in [5.41, 5.74) is 1.00. The van der Waals surface area contributed by atoms with Crippen LogP contribution in [0.15, 0.2) is 66.0 Å². The molecule has 0 aliphatic rings. The zero-order valence-corrected chi connectivity index (χ0v) is 16.6. The summed E-state index contributed by atoms with van der Waals surface area (Å²) < 4.78 is 24.0. The Morgan fingerprint density at radius 3 is 2.36 bits per heavy atom. The molecule has 0 aliphatic carbocycles. The molecule has 28 heavy (non-hydrogen) atoms. The first-order chi connectivity index (χ1) is 13.6. The van der Waals surface area contributed by atoms with E-state index in [-0.39, 0.29) is 12.4 Å². The third kappa shape index (κ3) is 6.34. The predicted molar refractivity (Wildman–Crippen MR) is 109 cm³/mol. The summed E-state index contributed by atoms with van der Waals surface area (Å²) in [7, 11) is 1.61. The van der Waals surface area contributed by atoms with Gasteiger partial charge in [0, 0.05) is 24.5 Å². The number of benzene rings is 2. The van der Waals surface area contributed by atoms with Gasteiger partial charge in [0.15, 0.2) is 0 Å². The molecule has 1 aromatic heterocycles. The Morgan fingerprint density at radius 1 is 1.00 bits per heavy atom. The summed E-state index contributed by atoms with van der Waals surface area (Å²) in [5.74, 6) is 1.19. The quantitative estimate of drug-likeness (QED) is 0.549. The van der Waals surface area contributed by atoms with Crippen LogP contribution in [-0.4, -0.2) is 36.4 Å². The average molecular weight is 402 g/mol. The first kappa shape index (κ1) is 20.3. The molecule has 0 unspecified atom stereocenters. The Kier molecular flexibility index (Phi) is 7.42. The molecule has 6 heteroatoms. The van der Waals surface area contributed by atoms with E-state index in [4.69, 9.17) is 9.47 Å². The van der Waals surface area contributed by atoms with Crippen LogP contribution < -0.4 is 9.47 Å². The fraction of sp³-hybridized carbons (Fsp3) is 0.273. The summed E-state index contributed by atoms with van der Waals surface area (Å²) in [6.07, 6.45) is -0.650. The van der Waals surface area contributed by atoms with E-state index in [1.807, 2.05) is 35.7 Å². The highest BCUT2D eigenvalue weighted by Crippen LogP contribution is 2.18. The highest BCUT2D eigenvalue weighted by atomic mass is 32.1. The van der Waals surface area contributed by atoms with Crippen molar-refractivity contribution in [2.75, 3.05) is 20.3 Å². The highest BCUT2D eigenvalue weighted by molar-refractivity contribution is 7.09. The molecule has 1 heterocycles. The zero-order valence-electron chi connectivity index (χ0n) is 15.8. The molecule has 3 aromatic rings. The number of methoxy groups -OCH3 is 1. The number of halogens is 1. The Hall–Kier alpha value is -2.41. The van der Waals surface area contributed by atoms with Gasteiger partial charge in [0.05, 0.1) is 7.11 Å². The number of rotatable bonds is 10. The first-order valence-electron chi connectivity index (χ1n) is 9.06. The van der Waals surface area contributed by atoms with Crippen LogP contribution in [-0.2, 0) is 13.1 Å². The third-order valence-electron chi connectivity index (χ3n) is 4.25. The van der Waals surface area contributed by atoms with Gasteiger partial charge >= 0.3 is 0 Å². The summed E-state index contributed by atoms with van der Waals surface area (Å²) in [6, 6.07) is 17.8. The molecule has 2 aromatic carbocycles. The smallest absolute Gasteiger partial charge is 0.123 e. The lowest BCUT2D eigenvalue weighted by molar-refractivity contribution is 0.0632. The Labute approximate surface area is 168 Å². The van der Waals surface area contributed by atoms with Crippen molar-refractivity contribution >= 4 is 11.3 Å². The molecule has 1 N–H and O–H groups in total. The van der Waals surface area contributed by atoms with Crippen molar-refractivity contribution in [3.05, 3.63) is 82.3 Å². The van der Waals surface area contributed by atoms with Crippen LogP contribution in [0.1, 0.15) is 10.4 Å². The van der Waals surface area contributed by atoms with Crippen LogP contribution in [0, 0.1) is 5.82 Å². The first-order valence-corrected chi connectivity index (χ1v) is 9.94. The summed E-state index contributed by atoms with van der Waals surface area (Å²) >= 11 is 1.68. The lowest BCUT2D eigenvalue weighted by atomic mass is 10.2. The van der Waals surface area contributed by atoms with E-state index in [2.05, 4.69) is 11.0 Å². The van der Waals surface area contributed by atoms with Crippen LogP contribution in [0.4, 0.5) is 4.39 Å². The minimum absolute atomic E-state index is 0.191. The van der Waals surface area contributed by atoms with Crippen LogP contribution >= 0.6 is 11.3 Å². The molecule has 0 bridgehead atoms. The van der Waals surface area contributed by atoms with Gasteiger partial charge in [-0.1, -0.05) is 18.2 Å². The standard InChI is InChI=1S/C22H24FNO3S/c1-26-20-8-10-21(11-9-20)27-16-19(25)14-24(15-22-3-2-12-28-22)13-17-4-6-18(23)7-5-17/h2-12,19,25H,13-16H2,1H3/t19-/m0/s1. The van der Waals surface area contributed by atoms with E-state index in [0.29, 0.717) is 25.4 Å². The minimum atomic E-state index is -0.650. The molecule has 3 rings (SSSR count). The van der Waals surface area contributed by atoms with Gasteiger partial charge < -0.3 is 14.6 Å². The van der Waals surface area contributed by atoms with E-state index in [9.17, 15) is 9.50 Å². The molecule has 148 valence electrons. The average Bonchev–Trinajstić information content (AvgIpc) is 3.21. The van der Waals surface area contributed by atoms with Crippen LogP contribution in [0.25, 0.3) is 0 Å². The van der Waals surface area contributed by atoms with Crippen LogP contribution in [0.5, 0.6) is 11.5 Å². The summed E-state index contributed by atoms with van der Waals surface area (Å²) in [6.45, 7) is 1.98. The maximum Gasteiger partial charge on any atom is 0.123 e. The lowest BCUT2D eigenvalue weighted by Crippen LogP contribution is -2.34. The molecular formula is C22H24FNO3S. The molecule has 0 amide bonds. The van der Waals surface area contributed by atoms with E-state index in [1.54, 1.807) is 30.6 Å². The normalized spacial score (nSPS) is 12.1. The number of thiophene rings is 1. The number of hydrogen-bond acceptors (Lipinski definition) is 5. The van der Waals surface area contributed by atoms with E-state index < -0.39 is 6.10 Å². The topological polar surface area (TPSA) is 41.9 Å². The molecule has 4 nitrogen and oxygen atoms in total. The van der Waals surface area contributed by atoms with Crippen molar-refractivity contribution < 1.29 is 19.0 Å². The fourth-order valence-corrected chi connectivity index (χ4v) is 3.62. The van der Waals surface area contributed by atoms with Crippen molar-refractivity contribution in [1.29, 1.82) is 0 Å². The van der Waals surface area contributed by atoms with E-state index >= 15 is 0 Å². The highest BCUT2D eigenvalue weighted by Gasteiger charge is 2.14. The predicted octanol–water partition coefficient (Wildman–Crippen LogP) is 4.34. The number of aliphatic hydroxyl groups excluding tert-OH is 1. The largest absolute Gasteiger partial charge is 0.497 e. The molecule has 0 spiro atoms. The van der Waals surface area contributed by atoms with E-state index in [1.165, 1.54) is 17.0 Å². The Morgan fingerprint density at radius 2 is 1.71 bits per heavy atom. The number of ether oxygens (including phenoxy) is 2. The van der Waals surface area contributed by atoms with Gasteiger partial charge in [0.2, 0.25) is 0 Å². The molecule has 0 saturated carbocycles. The maximum absolute atomic E-state index is 13.2. The van der Waals surface area contributed by atoms with Gasteiger partial charge in [-0.05, 0) is 53.4 Å². The van der Waals surface area contributed by atoms with Crippen LogP contribution in [0.2, 0.25) is 0 Å². The fourth-order valence-electron chi connectivity index (χ4n) is 2.87. The van der Waals surface area contributed by atoms with Gasteiger partial charge in [-0.25, -0.2) is 4.39 Å². The van der Waals surface area contributed by atoms with Gasteiger partial charge in [0.1, 0.15) is 30.0 Å². The second-order valence-corrected chi connectivity index (χ2v) is 7.55. The lowest BCUT2D eigenvalue weighted by Gasteiger charge is -2.25. The summed E-state index contributed by atoms with van der Waals surface area (Å²) in [5, 5.41) is 12.5. The van der Waals surface area contributed by atoms with Gasteiger partial charge in [-0.2, -0.15) is 0 Å². The number of aliphatic hydroxyl groups is 1. The molecule has 0 radical (unpaired) electrons. The van der Waals surface area contributed by atoms with Gasteiger partial charge in [-0.3, -0.25) is 4.90 Å². The van der Waals surface area contributed by atoms with E-state index in [0.717, 1.165) is 11.3 Å². The Balaban J connectivity index is 1.57. The number of nitrogens with zero attached hydrogens (tertiary/aromatic N) is 1. The van der Waals surface area contributed by atoms with Crippen molar-refractivity contribution in [1.82, 2.24) is 4.90 Å². The van der Waals surface area contributed by atoms with Crippen LogP contribution in [0.3, 0.4) is 0 Å². The minimum Gasteiger partial charge on any atom is -0.497 e. The second kappa shape index (κ2) is 10.2. The third-order valence-corrected chi connectivity index (χ3v) is 5.11. The Bertz CT molecular complexity index is 822. The summed E-state index contributed by atoms with van der Waals surface area (Å²) in [4.78, 5) is 3.35. The second-order valence-electron chi connectivity index (χ2n) is 6.52. The zero-order chi connectivity index (χ0) is 19.8. The molecule has 0 fully saturated rings. The molecule has 0 saturated heterocycles. The van der Waals surface area contributed by atoms with Crippen molar-refractivity contribution in [2.24, 2.45) is 0 Å². The van der Waals surface area contributed by atoms with Crippen molar-refractivity contribution in [3.8, 4) is 11.5 Å². The van der Waals surface area contributed by atoms with Crippen molar-refractivity contribution in [3.63, 3.8) is 0 Å². The molecule has 0 aliphatic heterocycles. The molecular weight excluding hydrogens is 377 g/mol. The monoisotopic (exact) mass is 401 g/mol. The number of hydrogen-bond donors (Lipinski definition) is 1.